The Morgan fingerprint density at radius 1 is 1.03 bits per heavy atom. The number of pyridine rings is 1. The number of aryl methyl sites for hydroxylation is 1. The van der Waals surface area contributed by atoms with Crippen LogP contribution in [0.4, 0.5) is 5.69 Å². The summed E-state index contributed by atoms with van der Waals surface area (Å²) in [6, 6.07) is 14.5. The van der Waals surface area contributed by atoms with Crippen LogP contribution in [0.3, 0.4) is 0 Å². The summed E-state index contributed by atoms with van der Waals surface area (Å²) < 4.78 is 4.12. The lowest BCUT2D eigenvalue weighted by Gasteiger charge is -2.13. The van der Waals surface area contributed by atoms with Crippen molar-refractivity contribution in [3.05, 3.63) is 93.0 Å². The van der Waals surface area contributed by atoms with Crippen LogP contribution < -0.4 is 16.6 Å². The Hall–Kier alpha value is -3.94. The number of hydrogen-bond acceptors (Lipinski definition) is 4. The zero-order valence-corrected chi connectivity index (χ0v) is 16.0. The van der Waals surface area contributed by atoms with Gasteiger partial charge in [0.2, 0.25) is 0 Å². The lowest BCUT2D eigenvalue weighted by Crippen LogP contribution is -2.37. The van der Waals surface area contributed by atoms with Gasteiger partial charge in [0.1, 0.15) is 11.3 Å². The molecule has 0 fully saturated rings. The third-order valence-electron chi connectivity index (χ3n) is 4.83. The van der Waals surface area contributed by atoms with Gasteiger partial charge in [0.25, 0.3) is 11.5 Å². The predicted octanol–water partition coefficient (Wildman–Crippen LogP) is 1.73. The van der Waals surface area contributed by atoms with E-state index in [1.165, 1.54) is 23.9 Å². The smallest absolute Gasteiger partial charge is 0.319 e. The van der Waals surface area contributed by atoms with Crippen molar-refractivity contribution in [2.24, 2.45) is 14.1 Å². The lowest BCUT2D eigenvalue weighted by molar-refractivity contribution is 0.101. The van der Waals surface area contributed by atoms with E-state index < -0.39 is 11.2 Å². The number of benzene rings is 1. The van der Waals surface area contributed by atoms with Gasteiger partial charge in [-0.2, -0.15) is 0 Å². The average Bonchev–Trinajstić information content (AvgIpc) is 3.11. The monoisotopic (exact) mass is 389 g/mol. The molecule has 0 saturated carbocycles. The van der Waals surface area contributed by atoms with Crippen LogP contribution in [0.25, 0.3) is 11.0 Å². The van der Waals surface area contributed by atoms with Gasteiger partial charge in [0.05, 0.1) is 17.3 Å². The van der Waals surface area contributed by atoms with E-state index in [0.29, 0.717) is 23.3 Å². The number of anilines is 1. The maximum absolute atomic E-state index is 13.0. The molecule has 0 radical (unpaired) electrons. The molecule has 0 aliphatic rings. The van der Waals surface area contributed by atoms with Crippen molar-refractivity contribution in [3.8, 4) is 0 Å². The standard InChI is InChI=1S/C21H19N5O3/c1-24-19-16(20(28)25(2)21(24)29)11-17(18(27)23-15-9-6-10-22-12-15)26(19)13-14-7-4-3-5-8-14/h3-12H,13H2,1-2H3,(H,23,27). The fourth-order valence-corrected chi connectivity index (χ4v) is 3.39. The summed E-state index contributed by atoms with van der Waals surface area (Å²) in [4.78, 5) is 42.2. The van der Waals surface area contributed by atoms with Crippen molar-refractivity contribution in [1.29, 1.82) is 0 Å². The molecule has 0 aliphatic carbocycles. The highest BCUT2D eigenvalue weighted by Crippen LogP contribution is 2.19. The third-order valence-corrected chi connectivity index (χ3v) is 4.83. The third kappa shape index (κ3) is 3.25. The zero-order chi connectivity index (χ0) is 20.5. The Morgan fingerprint density at radius 3 is 2.48 bits per heavy atom. The minimum atomic E-state index is -0.450. The van der Waals surface area contributed by atoms with E-state index in [1.54, 1.807) is 29.9 Å². The average molecular weight is 389 g/mol. The van der Waals surface area contributed by atoms with Gasteiger partial charge in [-0.05, 0) is 23.8 Å². The van der Waals surface area contributed by atoms with Crippen molar-refractivity contribution in [2.45, 2.75) is 6.54 Å². The molecule has 146 valence electrons. The quantitative estimate of drug-likeness (QED) is 0.576. The maximum Gasteiger partial charge on any atom is 0.332 e. The van der Waals surface area contributed by atoms with Gasteiger partial charge in [-0.25, -0.2) is 4.79 Å². The number of carbonyl (C=O) groups excluding carboxylic acids is 1. The molecular weight excluding hydrogens is 370 g/mol. The largest absolute Gasteiger partial charge is 0.332 e. The number of rotatable bonds is 4. The molecule has 1 aromatic carbocycles. The molecule has 0 saturated heterocycles. The van der Waals surface area contributed by atoms with Crippen LogP contribution in [0.5, 0.6) is 0 Å². The summed E-state index contributed by atoms with van der Waals surface area (Å²) in [6.07, 6.45) is 3.15. The Kier molecular flexibility index (Phi) is 4.59. The molecule has 0 bridgehead atoms. The second-order valence-corrected chi connectivity index (χ2v) is 6.74. The highest BCUT2D eigenvalue weighted by Gasteiger charge is 2.21. The molecule has 29 heavy (non-hydrogen) atoms. The summed E-state index contributed by atoms with van der Waals surface area (Å²) >= 11 is 0. The molecule has 3 aromatic heterocycles. The van der Waals surface area contributed by atoms with Crippen LogP contribution in [0, 0.1) is 0 Å². The predicted molar refractivity (Wildman–Crippen MR) is 110 cm³/mol. The van der Waals surface area contributed by atoms with E-state index >= 15 is 0 Å². The molecule has 0 unspecified atom stereocenters. The Labute approximate surface area is 165 Å². The Bertz CT molecular complexity index is 1320. The molecule has 8 heteroatoms. The van der Waals surface area contributed by atoms with Crippen LogP contribution in [-0.2, 0) is 20.6 Å². The summed E-state index contributed by atoms with van der Waals surface area (Å²) in [5, 5.41) is 3.10. The van der Waals surface area contributed by atoms with Crippen molar-refractivity contribution in [2.75, 3.05) is 5.32 Å². The first-order valence-electron chi connectivity index (χ1n) is 9.02. The van der Waals surface area contributed by atoms with E-state index in [-0.39, 0.29) is 11.6 Å². The van der Waals surface area contributed by atoms with E-state index in [4.69, 9.17) is 0 Å². The maximum atomic E-state index is 13.0. The van der Waals surface area contributed by atoms with Crippen molar-refractivity contribution < 1.29 is 4.79 Å². The van der Waals surface area contributed by atoms with Gasteiger partial charge >= 0.3 is 5.69 Å². The molecule has 8 nitrogen and oxygen atoms in total. The molecule has 4 rings (SSSR count). The first-order valence-corrected chi connectivity index (χ1v) is 9.02. The molecule has 0 atom stereocenters. The molecule has 1 N–H and O–H groups in total. The zero-order valence-electron chi connectivity index (χ0n) is 16.0. The number of carbonyl (C=O) groups is 1. The summed E-state index contributed by atoms with van der Waals surface area (Å²) in [7, 11) is 3.02. The lowest BCUT2D eigenvalue weighted by atomic mass is 10.2. The summed E-state index contributed by atoms with van der Waals surface area (Å²) in [5.41, 5.74) is 1.27. The molecular formula is C21H19N5O3. The molecule has 0 aliphatic heterocycles. The second kappa shape index (κ2) is 7.23. The number of amides is 1. The van der Waals surface area contributed by atoms with Crippen molar-refractivity contribution >= 4 is 22.6 Å². The van der Waals surface area contributed by atoms with E-state index in [1.807, 2.05) is 30.3 Å². The van der Waals surface area contributed by atoms with Crippen molar-refractivity contribution in [1.82, 2.24) is 18.7 Å². The van der Waals surface area contributed by atoms with Gasteiger partial charge in [-0.15, -0.1) is 0 Å². The highest BCUT2D eigenvalue weighted by atomic mass is 16.2. The summed E-state index contributed by atoms with van der Waals surface area (Å²) in [6.45, 7) is 0.334. The fourth-order valence-electron chi connectivity index (χ4n) is 3.39. The molecule has 1 amide bonds. The first kappa shape index (κ1) is 18.4. The SMILES string of the molecule is Cn1c(=O)c2cc(C(=O)Nc3cccnc3)n(Cc3ccccc3)c2n(C)c1=O. The van der Waals surface area contributed by atoms with Gasteiger partial charge in [0, 0.05) is 26.8 Å². The van der Waals surface area contributed by atoms with Crippen LogP contribution in [0.2, 0.25) is 0 Å². The fraction of sp³-hybridized carbons (Fsp3) is 0.143. The number of hydrogen-bond donors (Lipinski definition) is 1. The van der Waals surface area contributed by atoms with Crippen molar-refractivity contribution in [3.63, 3.8) is 0 Å². The van der Waals surface area contributed by atoms with E-state index in [9.17, 15) is 14.4 Å². The van der Waals surface area contributed by atoms with Crippen LogP contribution in [0.1, 0.15) is 16.1 Å². The van der Waals surface area contributed by atoms with Gasteiger partial charge < -0.3 is 9.88 Å². The second-order valence-electron chi connectivity index (χ2n) is 6.74. The number of nitrogens with one attached hydrogen (secondary N) is 1. The minimum Gasteiger partial charge on any atom is -0.319 e. The minimum absolute atomic E-state index is 0.283. The molecule has 4 aromatic rings. The molecule has 0 spiro atoms. The van der Waals surface area contributed by atoms with E-state index in [2.05, 4.69) is 10.3 Å². The van der Waals surface area contributed by atoms with Gasteiger partial charge in [-0.1, -0.05) is 30.3 Å². The van der Waals surface area contributed by atoms with Crippen LogP contribution in [-0.4, -0.2) is 24.6 Å². The number of fused-ring (bicyclic) bond motifs is 1. The Morgan fingerprint density at radius 2 is 1.79 bits per heavy atom. The number of aromatic nitrogens is 4. The normalized spacial score (nSPS) is 11.0. The number of nitrogens with zero attached hydrogens (tertiary/aromatic N) is 4. The van der Waals surface area contributed by atoms with Crippen LogP contribution >= 0.6 is 0 Å². The topological polar surface area (TPSA) is 90.9 Å². The van der Waals surface area contributed by atoms with Crippen LogP contribution in [0.15, 0.2) is 70.5 Å². The molecule has 3 heterocycles. The highest BCUT2D eigenvalue weighted by molar-refractivity contribution is 6.06. The summed E-state index contributed by atoms with van der Waals surface area (Å²) in [5.74, 6) is -0.389. The Balaban J connectivity index is 1.93. The first-order chi connectivity index (χ1) is 14.0. The van der Waals surface area contributed by atoms with Gasteiger partial charge in [0.15, 0.2) is 0 Å². The van der Waals surface area contributed by atoms with E-state index in [0.717, 1.165) is 10.1 Å². The van der Waals surface area contributed by atoms with Gasteiger partial charge in [-0.3, -0.25) is 23.7 Å².